The lowest BCUT2D eigenvalue weighted by Crippen LogP contribution is -2.39. The molecule has 85 heavy (non-hydrogen) atoms. The Morgan fingerprint density at radius 1 is 0.471 bits per heavy atom. The number of nitrogens with one attached hydrogen (secondary N) is 9. The molecule has 0 bridgehead atoms. The van der Waals surface area contributed by atoms with Gasteiger partial charge in [0.05, 0.1) is 28.8 Å². The number of hydrogen-bond donors (Lipinski definition) is 13. The summed E-state index contributed by atoms with van der Waals surface area (Å²) in [6.07, 6.45) is 13.4. The Labute approximate surface area is 482 Å². The molecule has 8 aromatic heterocycles. The summed E-state index contributed by atoms with van der Waals surface area (Å²) in [6, 6.07) is 4.49. The number of anilines is 7. The number of rotatable bonds is 22. The van der Waals surface area contributed by atoms with Crippen molar-refractivity contribution in [3.05, 3.63) is 126 Å². The highest BCUT2D eigenvalue weighted by Crippen LogP contribution is 2.33. The fourth-order valence-corrected chi connectivity index (χ4v) is 8.98. The van der Waals surface area contributed by atoms with Gasteiger partial charge in [0, 0.05) is 132 Å². The van der Waals surface area contributed by atoms with Crippen molar-refractivity contribution >= 4 is 93.1 Å². The van der Waals surface area contributed by atoms with Gasteiger partial charge >= 0.3 is 0 Å². The van der Waals surface area contributed by atoms with E-state index in [-0.39, 0.29) is 106 Å². The SMILES string of the molecule is Cn1cc(NC(=O)c2c(O)c(NC(=O)c3cc(NC(=O)c4nc(NC(=O)[C@H](N)CCNC(=O)c5cc(NC(=O)c6c(O)c(NC(=O)c7cc(NC(=O)c8nccn8C)cn7C)cn6C)cn5C)cn4C)cn3C)cn2C)cc1C(=O)NCCCO. The number of imidazole rings is 2. The van der Waals surface area contributed by atoms with Crippen molar-refractivity contribution in [2.45, 2.75) is 18.9 Å². The summed E-state index contributed by atoms with van der Waals surface area (Å²) in [4.78, 5) is 127. The number of nitrogens with zero attached hydrogens (tertiary/aromatic N) is 10. The number of aryl methyl sites for hydroxylation is 8. The van der Waals surface area contributed by atoms with E-state index in [0.29, 0.717) is 12.1 Å². The Morgan fingerprint density at radius 2 is 0.882 bits per heavy atom. The highest BCUT2D eigenvalue weighted by molar-refractivity contribution is 6.12. The van der Waals surface area contributed by atoms with Crippen molar-refractivity contribution in [1.29, 1.82) is 0 Å². The summed E-state index contributed by atoms with van der Waals surface area (Å²) >= 11 is 0. The van der Waals surface area contributed by atoms with Crippen molar-refractivity contribution in [1.82, 2.24) is 57.1 Å². The maximum Gasteiger partial charge on any atom is 0.291 e. The van der Waals surface area contributed by atoms with Crippen LogP contribution in [-0.2, 0) is 61.2 Å². The van der Waals surface area contributed by atoms with Gasteiger partial charge in [-0.3, -0.25) is 43.2 Å². The van der Waals surface area contributed by atoms with Gasteiger partial charge in [0.2, 0.25) is 11.7 Å². The van der Waals surface area contributed by atoms with E-state index in [4.69, 9.17) is 10.8 Å². The van der Waals surface area contributed by atoms with Crippen LogP contribution in [0.3, 0.4) is 0 Å². The second kappa shape index (κ2) is 24.9. The molecule has 0 unspecified atom stereocenters. The minimum Gasteiger partial charge on any atom is -0.504 e. The van der Waals surface area contributed by atoms with Crippen LogP contribution in [0.2, 0.25) is 0 Å². The summed E-state index contributed by atoms with van der Waals surface area (Å²) in [5.41, 5.74) is 7.09. The largest absolute Gasteiger partial charge is 0.504 e. The fraction of sp³-hybridized carbons (Fsp3) is 0.264. The molecule has 0 fully saturated rings. The molecule has 0 saturated carbocycles. The van der Waals surface area contributed by atoms with Gasteiger partial charge in [0.25, 0.3) is 47.3 Å². The van der Waals surface area contributed by atoms with Gasteiger partial charge < -0.3 is 105 Å². The van der Waals surface area contributed by atoms with E-state index in [9.17, 15) is 53.4 Å². The Kier molecular flexibility index (Phi) is 17.6. The van der Waals surface area contributed by atoms with E-state index in [1.807, 2.05) is 0 Å². The number of nitrogens with two attached hydrogens (primary N) is 1. The maximum atomic E-state index is 13.5. The molecule has 8 rings (SSSR count). The van der Waals surface area contributed by atoms with E-state index < -0.39 is 70.7 Å². The second-order valence-corrected chi connectivity index (χ2v) is 19.7. The smallest absolute Gasteiger partial charge is 0.291 e. The molecular formula is C53H62N20O12. The molecule has 0 aliphatic heterocycles. The maximum absolute atomic E-state index is 13.5. The van der Waals surface area contributed by atoms with Gasteiger partial charge in [-0.15, -0.1) is 0 Å². The molecule has 1 atom stereocenters. The van der Waals surface area contributed by atoms with Crippen molar-refractivity contribution < 1.29 is 58.5 Å². The first-order valence-corrected chi connectivity index (χ1v) is 25.9. The van der Waals surface area contributed by atoms with Crippen LogP contribution in [0.25, 0.3) is 0 Å². The highest BCUT2D eigenvalue weighted by atomic mass is 16.3. The fourth-order valence-electron chi connectivity index (χ4n) is 8.98. The third kappa shape index (κ3) is 13.3. The van der Waals surface area contributed by atoms with E-state index >= 15 is 0 Å². The van der Waals surface area contributed by atoms with Crippen LogP contribution in [0.4, 0.5) is 39.9 Å². The van der Waals surface area contributed by atoms with E-state index in [1.165, 1.54) is 132 Å². The molecule has 0 spiro atoms. The van der Waals surface area contributed by atoms with Crippen LogP contribution in [0.5, 0.6) is 11.5 Å². The molecule has 0 aliphatic rings. The number of carbonyl (C=O) groups excluding carboxylic acids is 9. The van der Waals surface area contributed by atoms with Crippen LogP contribution in [0.1, 0.15) is 97.0 Å². The molecule has 8 aromatic rings. The molecule has 0 saturated heterocycles. The van der Waals surface area contributed by atoms with Gasteiger partial charge in [-0.2, -0.15) is 0 Å². The lowest BCUT2D eigenvalue weighted by Gasteiger charge is -2.12. The van der Waals surface area contributed by atoms with Crippen molar-refractivity contribution in [3.63, 3.8) is 0 Å². The summed E-state index contributed by atoms with van der Waals surface area (Å²) in [6.45, 7) is 0.112. The minimum absolute atomic E-state index is 0.0122. The number of carbonyl (C=O) groups is 9. The Bertz CT molecular complexity index is 3950. The number of aliphatic hydroxyl groups is 1. The number of amides is 9. The Balaban J connectivity index is 0.790. The first kappa shape index (κ1) is 60.0. The Hall–Kier alpha value is -11.2. The number of aliphatic hydroxyl groups excluding tert-OH is 1. The highest BCUT2D eigenvalue weighted by Gasteiger charge is 2.28. The minimum atomic E-state index is -1.14. The molecule has 14 N–H and O–H groups in total. The second-order valence-electron chi connectivity index (χ2n) is 19.7. The first-order chi connectivity index (χ1) is 40.3. The van der Waals surface area contributed by atoms with Crippen LogP contribution < -0.4 is 53.6 Å². The average molecular weight is 1170 g/mol. The predicted molar refractivity (Wildman–Crippen MR) is 308 cm³/mol. The summed E-state index contributed by atoms with van der Waals surface area (Å²) < 4.78 is 11.3. The Morgan fingerprint density at radius 3 is 1.31 bits per heavy atom. The molecule has 32 heteroatoms. The van der Waals surface area contributed by atoms with Crippen LogP contribution in [0, 0.1) is 0 Å². The van der Waals surface area contributed by atoms with Gasteiger partial charge in [0.15, 0.2) is 34.5 Å². The average Bonchev–Trinajstić information content (AvgIpc) is 3.42. The lowest BCUT2D eigenvalue weighted by atomic mass is 10.2. The normalized spacial score (nSPS) is 11.4. The standard InChI is InChI=1S/C53H62N20O12/c1-66-14-13-55-43(66)52(84)60-29-18-36(69(4)22-29)48(80)62-32-24-72(7)40(41(32)75)51(83)59-28-17-35(68(3)21-28)47(79)57-12-10-31(54)45(77)65-38-26-73(8)44(64-38)53(85)61-30-19-37(70(5)23-30)49(81)63-33-25-71(6)39(42(33)76)50(82)58-27-16-34(67(2)20-27)46(78)56-11-9-15-74/h13-14,16-26,31,74-76H,9-12,15,54H2,1-8H3,(H,56,78)(H,57,79)(H,58,82)(H,59,83)(H,60,84)(H,61,85)(H,62,80)(H,63,81)(H,65,77)/t31-/m1/s1. The third-order valence-electron chi connectivity index (χ3n) is 13.3. The van der Waals surface area contributed by atoms with Crippen LogP contribution in [-0.4, -0.2) is 141 Å². The molecular weight excluding hydrogens is 1110 g/mol. The zero-order valence-electron chi connectivity index (χ0n) is 47.2. The van der Waals surface area contributed by atoms with Crippen molar-refractivity contribution in [2.75, 3.05) is 56.9 Å². The number of aromatic nitrogens is 10. The van der Waals surface area contributed by atoms with Crippen molar-refractivity contribution in [2.24, 2.45) is 62.1 Å². The molecule has 0 radical (unpaired) electrons. The summed E-state index contributed by atoms with van der Waals surface area (Å²) in [5.74, 6) is -6.75. The summed E-state index contributed by atoms with van der Waals surface area (Å²) in [7, 11) is 12.4. The predicted octanol–water partition coefficient (Wildman–Crippen LogP) is 1.31. The summed E-state index contributed by atoms with van der Waals surface area (Å²) in [5, 5.41) is 54.8. The zero-order chi connectivity index (χ0) is 61.7. The monoisotopic (exact) mass is 1170 g/mol. The van der Waals surface area contributed by atoms with Gasteiger partial charge in [0.1, 0.15) is 34.2 Å². The molecule has 0 aromatic carbocycles. The van der Waals surface area contributed by atoms with E-state index in [0.717, 1.165) is 0 Å². The van der Waals surface area contributed by atoms with Gasteiger partial charge in [-0.05, 0) is 37.1 Å². The number of aromatic hydroxyl groups is 2. The molecule has 446 valence electrons. The van der Waals surface area contributed by atoms with E-state index in [1.54, 1.807) is 41.4 Å². The van der Waals surface area contributed by atoms with Gasteiger partial charge in [-0.25, -0.2) is 9.97 Å². The van der Waals surface area contributed by atoms with Gasteiger partial charge in [-0.1, -0.05) is 0 Å². The topological polar surface area (TPSA) is 414 Å². The van der Waals surface area contributed by atoms with Crippen LogP contribution >= 0.6 is 0 Å². The first-order valence-electron chi connectivity index (χ1n) is 25.9. The quantitative estimate of drug-likeness (QED) is 0.0426. The zero-order valence-corrected chi connectivity index (χ0v) is 47.2. The molecule has 0 aliphatic carbocycles. The molecule has 8 heterocycles. The van der Waals surface area contributed by atoms with E-state index in [2.05, 4.69) is 57.8 Å². The van der Waals surface area contributed by atoms with Crippen molar-refractivity contribution in [3.8, 4) is 11.5 Å². The molecule has 32 nitrogen and oxygen atoms in total. The number of hydrogen-bond acceptors (Lipinski definition) is 15. The molecule has 9 amide bonds. The third-order valence-corrected chi connectivity index (χ3v) is 13.3. The van der Waals surface area contributed by atoms with Crippen LogP contribution in [0.15, 0.2) is 80.0 Å². The lowest BCUT2D eigenvalue weighted by molar-refractivity contribution is -0.117.